The highest BCUT2D eigenvalue weighted by atomic mass is 15.0. The Labute approximate surface area is 214 Å². The van der Waals surface area contributed by atoms with E-state index in [0.29, 0.717) is 18.5 Å². The number of nitrogens with zero attached hydrogens (tertiary/aromatic N) is 2. The minimum Gasteiger partial charge on any atom is -0.280 e. The van der Waals surface area contributed by atoms with Crippen LogP contribution in [0.25, 0.3) is 22.4 Å². The molecule has 2 aliphatic heterocycles. The number of aliphatic imine (C=N–C) groups is 1. The van der Waals surface area contributed by atoms with Gasteiger partial charge in [0.05, 0.1) is 12.3 Å². The first-order valence-electron chi connectivity index (χ1n) is 12.8. The summed E-state index contributed by atoms with van der Waals surface area (Å²) in [6.07, 6.45) is 7.13. The van der Waals surface area contributed by atoms with E-state index in [2.05, 4.69) is 115 Å². The van der Waals surface area contributed by atoms with Crippen molar-refractivity contribution in [2.45, 2.75) is 31.2 Å². The first kappa shape index (κ1) is 22.4. The molecule has 3 aromatic carbocycles. The summed E-state index contributed by atoms with van der Waals surface area (Å²) in [7, 11) is 0. The molecule has 3 heterocycles. The molecule has 0 aliphatic carbocycles. The van der Waals surface area contributed by atoms with Crippen LogP contribution >= 0.6 is 0 Å². The molecule has 0 bridgehead atoms. The number of aromatic nitrogens is 1. The van der Waals surface area contributed by atoms with Crippen LogP contribution in [0.2, 0.25) is 0 Å². The van der Waals surface area contributed by atoms with Gasteiger partial charge in [-0.3, -0.25) is 4.99 Å². The van der Waals surface area contributed by atoms with Gasteiger partial charge in [-0.25, -0.2) is 0 Å². The van der Waals surface area contributed by atoms with Crippen LogP contribution in [-0.4, -0.2) is 12.3 Å². The highest BCUT2D eigenvalue weighted by Crippen LogP contribution is 2.43. The van der Waals surface area contributed by atoms with Crippen LogP contribution in [0, 0.1) is 0 Å². The Hall–Kier alpha value is -4.04. The van der Waals surface area contributed by atoms with Crippen molar-refractivity contribution in [2.75, 3.05) is 6.54 Å². The molecular weight excluding hydrogens is 436 g/mol. The molecule has 6 rings (SSSR count). The fourth-order valence-electron chi connectivity index (χ4n) is 5.99. The molecule has 0 saturated heterocycles. The Balaban J connectivity index is 1.47. The monoisotopic (exact) mass is 467 g/mol. The average Bonchev–Trinajstić information content (AvgIpc) is 2.96. The summed E-state index contributed by atoms with van der Waals surface area (Å²) in [5.41, 5.74) is 11.2. The molecule has 0 N–H and O–H groups in total. The minimum atomic E-state index is 0.330. The number of hydrogen-bond acceptors (Lipinski definition) is 1. The number of rotatable bonds is 2. The number of allylic oxidation sites excluding steroid dienone is 1. The Kier molecular flexibility index (Phi) is 5.95. The number of pyridine rings is 1. The van der Waals surface area contributed by atoms with Gasteiger partial charge >= 0.3 is 0 Å². The molecular formula is C34H31N2+. The molecule has 4 aromatic rings. The van der Waals surface area contributed by atoms with Crippen LogP contribution in [0.4, 0.5) is 0 Å². The maximum atomic E-state index is 5.03. The second-order valence-corrected chi connectivity index (χ2v) is 9.89. The van der Waals surface area contributed by atoms with E-state index in [-0.39, 0.29) is 0 Å². The third kappa shape index (κ3) is 4.03. The molecule has 36 heavy (non-hydrogen) atoms. The van der Waals surface area contributed by atoms with Crippen LogP contribution in [-0.2, 0) is 6.42 Å². The Morgan fingerprint density at radius 1 is 0.833 bits per heavy atom. The highest BCUT2D eigenvalue weighted by Gasteiger charge is 2.39. The summed E-state index contributed by atoms with van der Waals surface area (Å²) in [6, 6.07) is 33.2. The molecule has 176 valence electrons. The van der Waals surface area contributed by atoms with E-state index in [9.17, 15) is 0 Å². The predicted octanol–water partition coefficient (Wildman–Crippen LogP) is 7.51. The molecule has 2 unspecified atom stereocenters. The van der Waals surface area contributed by atoms with Gasteiger partial charge in [-0.05, 0) is 64.9 Å². The van der Waals surface area contributed by atoms with Crippen LogP contribution in [0.15, 0.2) is 127 Å². The molecule has 0 spiro atoms. The van der Waals surface area contributed by atoms with Crippen LogP contribution in [0.5, 0.6) is 0 Å². The van der Waals surface area contributed by atoms with E-state index in [0.717, 1.165) is 30.5 Å². The maximum Gasteiger partial charge on any atom is 0.213 e. The van der Waals surface area contributed by atoms with Crippen LogP contribution in [0.1, 0.15) is 41.5 Å². The van der Waals surface area contributed by atoms with Crippen molar-refractivity contribution >= 4 is 5.71 Å². The van der Waals surface area contributed by atoms with E-state index in [1.54, 1.807) is 0 Å². The lowest BCUT2D eigenvalue weighted by atomic mass is 9.77. The van der Waals surface area contributed by atoms with Crippen LogP contribution < -0.4 is 4.57 Å². The quantitative estimate of drug-likeness (QED) is 0.214. The molecule has 2 atom stereocenters. The van der Waals surface area contributed by atoms with Gasteiger partial charge in [-0.1, -0.05) is 73.8 Å². The summed E-state index contributed by atoms with van der Waals surface area (Å²) in [5, 5.41) is 0. The van der Waals surface area contributed by atoms with Crippen molar-refractivity contribution in [2.24, 2.45) is 4.99 Å². The maximum absolute atomic E-state index is 5.03. The number of fused-ring (bicyclic) bond motifs is 7. The second kappa shape index (κ2) is 9.54. The average molecular weight is 468 g/mol. The standard InChI is InChI=1S/C34H31N2/c1-3-32-31-22-27(25-11-5-4-6-12-25)17-16-26(31)18-19-30-28-13-7-8-14-29(28)33-15-9-10-20-36(33)34(30)21-24(2)23-35-32/h3-17,20,22,30,34H,1-2,18-19,21,23H2/q+1. The van der Waals surface area contributed by atoms with Gasteiger partial charge in [-0.15, -0.1) is 0 Å². The molecule has 2 nitrogen and oxygen atoms in total. The van der Waals surface area contributed by atoms with Gasteiger partial charge in [0.25, 0.3) is 0 Å². The zero-order chi connectivity index (χ0) is 24.5. The van der Waals surface area contributed by atoms with Gasteiger partial charge < -0.3 is 0 Å². The largest absolute Gasteiger partial charge is 0.280 e. The summed E-state index contributed by atoms with van der Waals surface area (Å²) in [6.45, 7) is 9.22. The number of hydrogen-bond donors (Lipinski definition) is 0. The smallest absolute Gasteiger partial charge is 0.213 e. The van der Waals surface area contributed by atoms with E-state index < -0.39 is 0 Å². The second-order valence-electron chi connectivity index (χ2n) is 9.89. The fraction of sp³-hybridized carbons (Fsp3) is 0.176. The minimum absolute atomic E-state index is 0.330. The highest BCUT2D eigenvalue weighted by molar-refractivity contribution is 6.10. The van der Waals surface area contributed by atoms with Gasteiger partial charge in [-0.2, -0.15) is 4.57 Å². The van der Waals surface area contributed by atoms with Gasteiger partial charge in [0.15, 0.2) is 12.2 Å². The molecule has 0 fully saturated rings. The first-order valence-corrected chi connectivity index (χ1v) is 12.8. The molecule has 2 heteroatoms. The summed E-state index contributed by atoms with van der Waals surface area (Å²) < 4.78 is 2.48. The molecule has 0 saturated carbocycles. The molecule has 0 radical (unpaired) electrons. The normalized spacial score (nSPS) is 19.0. The molecule has 0 amide bonds. The van der Waals surface area contributed by atoms with Gasteiger partial charge in [0, 0.05) is 35.6 Å². The van der Waals surface area contributed by atoms with Crippen molar-refractivity contribution in [1.29, 1.82) is 0 Å². The third-order valence-electron chi connectivity index (χ3n) is 7.73. The predicted molar refractivity (Wildman–Crippen MR) is 149 cm³/mol. The van der Waals surface area contributed by atoms with Crippen molar-refractivity contribution in [3.63, 3.8) is 0 Å². The van der Waals surface area contributed by atoms with Crippen molar-refractivity contribution in [3.8, 4) is 22.4 Å². The van der Waals surface area contributed by atoms with E-state index >= 15 is 0 Å². The van der Waals surface area contributed by atoms with E-state index in [1.165, 1.54) is 39.1 Å². The summed E-state index contributed by atoms with van der Waals surface area (Å²) >= 11 is 0. The lowest BCUT2D eigenvalue weighted by Crippen LogP contribution is -2.47. The Morgan fingerprint density at radius 2 is 1.64 bits per heavy atom. The van der Waals surface area contributed by atoms with Gasteiger partial charge in [0.1, 0.15) is 0 Å². The van der Waals surface area contributed by atoms with Crippen molar-refractivity contribution in [1.82, 2.24) is 0 Å². The first-order chi connectivity index (χ1) is 17.7. The zero-order valence-electron chi connectivity index (χ0n) is 20.6. The Bertz CT molecular complexity index is 1480. The van der Waals surface area contributed by atoms with Crippen molar-refractivity contribution in [3.05, 3.63) is 139 Å². The number of benzene rings is 3. The third-order valence-corrected chi connectivity index (χ3v) is 7.73. The molecule has 1 aromatic heterocycles. The van der Waals surface area contributed by atoms with Crippen LogP contribution in [0.3, 0.4) is 0 Å². The SMILES string of the molecule is C=CC1=NCC(=C)CC2C(CCc3ccc(-c4ccccc4)cc31)c1ccccc1-c1cccc[n+]12. The lowest BCUT2D eigenvalue weighted by Gasteiger charge is -2.31. The lowest BCUT2D eigenvalue weighted by molar-refractivity contribution is -0.718. The summed E-state index contributed by atoms with van der Waals surface area (Å²) in [5.74, 6) is 0.407. The van der Waals surface area contributed by atoms with E-state index in [4.69, 9.17) is 4.99 Å². The van der Waals surface area contributed by atoms with Gasteiger partial charge in [0.2, 0.25) is 5.69 Å². The fourth-order valence-corrected chi connectivity index (χ4v) is 5.99. The Morgan fingerprint density at radius 3 is 2.50 bits per heavy atom. The van der Waals surface area contributed by atoms with E-state index in [1.807, 2.05) is 6.08 Å². The number of aryl methyl sites for hydroxylation is 1. The molecule has 2 aliphatic rings. The van der Waals surface area contributed by atoms with Crippen molar-refractivity contribution < 1.29 is 4.57 Å². The topological polar surface area (TPSA) is 16.2 Å². The zero-order valence-corrected chi connectivity index (χ0v) is 20.6. The summed E-state index contributed by atoms with van der Waals surface area (Å²) in [4.78, 5) is 5.03.